The quantitative estimate of drug-likeness (QED) is 0.869. The second-order valence-electron chi connectivity index (χ2n) is 5.60. The summed E-state index contributed by atoms with van der Waals surface area (Å²) < 4.78 is 5.78. The molecule has 1 aromatic carbocycles. The predicted molar refractivity (Wildman–Crippen MR) is 72.9 cm³/mol. The lowest BCUT2D eigenvalue weighted by Gasteiger charge is -2.24. The Labute approximate surface area is 113 Å². The molecule has 4 heteroatoms. The minimum atomic E-state index is -0.351. The lowest BCUT2D eigenvalue weighted by Crippen LogP contribution is -2.43. The van der Waals surface area contributed by atoms with Crippen LogP contribution in [-0.4, -0.2) is 36.0 Å². The zero-order valence-electron chi connectivity index (χ0n) is 11.2. The van der Waals surface area contributed by atoms with E-state index in [4.69, 9.17) is 10.5 Å². The van der Waals surface area contributed by atoms with Gasteiger partial charge in [0, 0.05) is 19.0 Å². The molecule has 1 amide bonds. The van der Waals surface area contributed by atoms with Crippen LogP contribution in [0.15, 0.2) is 24.3 Å². The van der Waals surface area contributed by atoms with E-state index in [0.717, 1.165) is 24.3 Å². The van der Waals surface area contributed by atoms with Crippen LogP contribution in [-0.2, 0) is 11.2 Å². The fourth-order valence-electron chi connectivity index (χ4n) is 3.13. The summed E-state index contributed by atoms with van der Waals surface area (Å²) in [5.74, 6) is 1.39. The van der Waals surface area contributed by atoms with E-state index < -0.39 is 0 Å². The molecule has 19 heavy (non-hydrogen) atoms. The number of rotatable bonds is 2. The van der Waals surface area contributed by atoms with Gasteiger partial charge in [0.1, 0.15) is 5.75 Å². The minimum absolute atomic E-state index is 0.111. The van der Waals surface area contributed by atoms with E-state index in [9.17, 15) is 4.79 Å². The number of hydrogen-bond donors (Lipinski definition) is 1. The van der Waals surface area contributed by atoms with Crippen LogP contribution in [0.5, 0.6) is 5.75 Å². The molecule has 2 aliphatic rings. The van der Waals surface area contributed by atoms with E-state index in [-0.39, 0.29) is 18.1 Å². The van der Waals surface area contributed by atoms with Gasteiger partial charge in [0.05, 0.1) is 0 Å². The van der Waals surface area contributed by atoms with Crippen molar-refractivity contribution in [1.82, 2.24) is 4.90 Å². The highest BCUT2D eigenvalue weighted by Gasteiger charge is 2.38. The summed E-state index contributed by atoms with van der Waals surface area (Å²) in [4.78, 5) is 14.5. The number of carbonyl (C=O) groups excluding carboxylic acids is 1. The van der Waals surface area contributed by atoms with Gasteiger partial charge in [-0.15, -0.1) is 0 Å². The molecule has 1 saturated heterocycles. The standard InChI is InChI=1S/C15H20N2O2/c1-10-6-11(8-16)9-17(10)15(18)14-7-12-4-2-3-5-13(12)19-14/h2-5,10-11,14H,6-9,16H2,1H3. The molecule has 2 heterocycles. The van der Waals surface area contributed by atoms with Crippen molar-refractivity contribution in [3.63, 3.8) is 0 Å². The summed E-state index contributed by atoms with van der Waals surface area (Å²) in [5, 5.41) is 0. The monoisotopic (exact) mass is 260 g/mol. The lowest BCUT2D eigenvalue weighted by molar-refractivity contribution is -0.138. The van der Waals surface area contributed by atoms with Crippen LogP contribution in [0, 0.1) is 5.92 Å². The maximum absolute atomic E-state index is 12.5. The fraction of sp³-hybridized carbons (Fsp3) is 0.533. The fourth-order valence-corrected chi connectivity index (χ4v) is 3.13. The third-order valence-corrected chi connectivity index (χ3v) is 4.20. The first-order valence-electron chi connectivity index (χ1n) is 6.94. The van der Waals surface area contributed by atoms with Crippen LogP contribution in [0.1, 0.15) is 18.9 Å². The summed E-state index contributed by atoms with van der Waals surface area (Å²) in [6.45, 7) is 3.52. The molecule has 0 aromatic heterocycles. The third kappa shape index (κ3) is 2.21. The molecule has 2 N–H and O–H groups in total. The number of nitrogens with two attached hydrogens (primary N) is 1. The molecule has 3 rings (SSSR count). The van der Waals surface area contributed by atoms with Crippen molar-refractivity contribution >= 4 is 5.91 Å². The molecule has 102 valence electrons. The number of hydrogen-bond acceptors (Lipinski definition) is 3. The van der Waals surface area contributed by atoms with Gasteiger partial charge < -0.3 is 15.4 Å². The largest absolute Gasteiger partial charge is 0.480 e. The van der Waals surface area contributed by atoms with E-state index >= 15 is 0 Å². The molecular weight excluding hydrogens is 240 g/mol. The van der Waals surface area contributed by atoms with Gasteiger partial charge in [-0.3, -0.25) is 4.79 Å². The Balaban J connectivity index is 1.70. The van der Waals surface area contributed by atoms with Crippen molar-refractivity contribution in [3.05, 3.63) is 29.8 Å². The molecule has 1 fully saturated rings. The highest BCUT2D eigenvalue weighted by molar-refractivity contribution is 5.83. The molecule has 3 atom stereocenters. The van der Waals surface area contributed by atoms with Crippen LogP contribution in [0.25, 0.3) is 0 Å². The molecule has 0 spiro atoms. The van der Waals surface area contributed by atoms with Crippen LogP contribution < -0.4 is 10.5 Å². The number of amides is 1. The Kier molecular flexibility index (Phi) is 3.19. The second-order valence-corrected chi connectivity index (χ2v) is 5.60. The predicted octanol–water partition coefficient (Wildman–Crippen LogP) is 1.19. The van der Waals surface area contributed by atoms with Crippen molar-refractivity contribution < 1.29 is 9.53 Å². The molecule has 0 bridgehead atoms. The number of likely N-dealkylation sites (tertiary alicyclic amines) is 1. The number of para-hydroxylation sites is 1. The third-order valence-electron chi connectivity index (χ3n) is 4.20. The smallest absolute Gasteiger partial charge is 0.264 e. The Bertz CT molecular complexity index is 464. The van der Waals surface area contributed by atoms with Crippen molar-refractivity contribution in [1.29, 1.82) is 0 Å². The van der Waals surface area contributed by atoms with E-state index in [1.54, 1.807) is 0 Å². The zero-order chi connectivity index (χ0) is 13.4. The van der Waals surface area contributed by atoms with Gasteiger partial charge in [0.15, 0.2) is 6.10 Å². The van der Waals surface area contributed by atoms with Gasteiger partial charge >= 0.3 is 0 Å². The summed E-state index contributed by atoms with van der Waals surface area (Å²) in [7, 11) is 0. The normalized spacial score (nSPS) is 29.2. The van der Waals surface area contributed by atoms with Crippen LogP contribution >= 0.6 is 0 Å². The van der Waals surface area contributed by atoms with Gasteiger partial charge in [-0.2, -0.15) is 0 Å². The highest BCUT2D eigenvalue weighted by atomic mass is 16.5. The molecule has 0 radical (unpaired) electrons. The maximum atomic E-state index is 12.5. The summed E-state index contributed by atoms with van der Waals surface area (Å²) in [6, 6.07) is 8.15. The Hall–Kier alpha value is -1.55. The first kappa shape index (κ1) is 12.5. The first-order chi connectivity index (χ1) is 9.19. The molecule has 3 unspecified atom stereocenters. The number of ether oxygens (including phenoxy) is 1. The number of nitrogens with zero attached hydrogens (tertiary/aromatic N) is 1. The topological polar surface area (TPSA) is 55.6 Å². The minimum Gasteiger partial charge on any atom is -0.480 e. The van der Waals surface area contributed by atoms with Gasteiger partial charge in [-0.05, 0) is 37.4 Å². The van der Waals surface area contributed by atoms with E-state index in [0.29, 0.717) is 18.9 Å². The average Bonchev–Trinajstić information content (AvgIpc) is 3.01. The lowest BCUT2D eigenvalue weighted by atomic mass is 10.1. The first-order valence-corrected chi connectivity index (χ1v) is 6.94. The van der Waals surface area contributed by atoms with Gasteiger partial charge in [-0.25, -0.2) is 0 Å². The summed E-state index contributed by atoms with van der Waals surface area (Å²) in [5.41, 5.74) is 6.84. The SMILES string of the molecule is CC1CC(CN)CN1C(=O)C1Cc2ccccc2O1. The molecule has 0 saturated carbocycles. The highest BCUT2D eigenvalue weighted by Crippen LogP contribution is 2.31. The molecule has 0 aliphatic carbocycles. The molecule has 4 nitrogen and oxygen atoms in total. The van der Waals surface area contributed by atoms with Crippen LogP contribution in [0.3, 0.4) is 0 Å². The van der Waals surface area contributed by atoms with Crippen LogP contribution in [0.4, 0.5) is 0 Å². The number of fused-ring (bicyclic) bond motifs is 1. The summed E-state index contributed by atoms with van der Waals surface area (Å²) in [6.07, 6.45) is 1.34. The van der Waals surface area contributed by atoms with Crippen molar-refractivity contribution in [2.24, 2.45) is 11.7 Å². The second kappa shape index (κ2) is 4.85. The van der Waals surface area contributed by atoms with Crippen molar-refractivity contribution in [2.75, 3.05) is 13.1 Å². The Morgan fingerprint density at radius 2 is 2.26 bits per heavy atom. The number of carbonyl (C=O) groups is 1. The Morgan fingerprint density at radius 1 is 1.47 bits per heavy atom. The van der Waals surface area contributed by atoms with Crippen LogP contribution in [0.2, 0.25) is 0 Å². The van der Waals surface area contributed by atoms with E-state index in [1.165, 1.54) is 0 Å². The van der Waals surface area contributed by atoms with Gasteiger partial charge in [0.25, 0.3) is 5.91 Å². The van der Waals surface area contributed by atoms with E-state index in [2.05, 4.69) is 6.92 Å². The average molecular weight is 260 g/mol. The summed E-state index contributed by atoms with van der Waals surface area (Å²) >= 11 is 0. The van der Waals surface area contributed by atoms with Gasteiger partial charge in [0.2, 0.25) is 0 Å². The van der Waals surface area contributed by atoms with Crippen molar-refractivity contribution in [3.8, 4) is 5.75 Å². The molecule has 1 aromatic rings. The number of benzene rings is 1. The van der Waals surface area contributed by atoms with E-state index in [1.807, 2.05) is 29.2 Å². The maximum Gasteiger partial charge on any atom is 0.264 e. The molecule has 2 aliphatic heterocycles. The molecular formula is C15H20N2O2. The van der Waals surface area contributed by atoms with Gasteiger partial charge in [-0.1, -0.05) is 18.2 Å². The Morgan fingerprint density at radius 3 is 2.95 bits per heavy atom. The zero-order valence-corrected chi connectivity index (χ0v) is 11.2. The van der Waals surface area contributed by atoms with Crippen molar-refractivity contribution in [2.45, 2.75) is 31.9 Å².